The highest BCUT2D eigenvalue weighted by molar-refractivity contribution is 5.94. The van der Waals surface area contributed by atoms with Crippen molar-refractivity contribution in [3.8, 4) is 0 Å². The molecule has 0 unspecified atom stereocenters. The highest BCUT2D eigenvalue weighted by Gasteiger charge is 2.10. The maximum Gasteiger partial charge on any atom is 0.271 e. The molecule has 5 N–H and O–H groups in total. The molecule has 3 rings (SSSR count). The lowest BCUT2D eigenvalue weighted by Crippen LogP contribution is -2.30. The van der Waals surface area contributed by atoms with Crippen LogP contribution >= 0.6 is 0 Å². The Hall–Kier alpha value is -3.68. The summed E-state index contributed by atoms with van der Waals surface area (Å²) in [5.41, 5.74) is 14.0. The van der Waals surface area contributed by atoms with Crippen molar-refractivity contribution in [3.05, 3.63) is 66.2 Å². The summed E-state index contributed by atoms with van der Waals surface area (Å²) in [4.78, 5) is 24.1. The fraction of sp³-hybridized carbons (Fsp3) is 0.0588. The molecule has 8 nitrogen and oxygen atoms in total. The van der Waals surface area contributed by atoms with Gasteiger partial charge in [0.1, 0.15) is 12.0 Å². The predicted molar refractivity (Wildman–Crippen MR) is 96.2 cm³/mol. The van der Waals surface area contributed by atoms with E-state index in [-0.39, 0.29) is 11.6 Å². The van der Waals surface area contributed by atoms with Gasteiger partial charge in [-0.3, -0.25) is 20.6 Å². The third kappa shape index (κ3) is 3.99. The van der Waals surface area contributed by atoms with Crippen LogP contribution in [0.15, 0.2) is 55.1 Å². The molecule has 0 atom stereocenters. The van der Waals surface area contributed by atoms with E-state index in [1.165, 1.54) is 12.5 Å². The number of aryl methyl sites for hydroxylation is 1. The van der Waals surface area contributed by atoms with Crippen molar-refractivity contribution in [2.24, 2.45) is 0 Å². The van der Waals surface area contributed by atoms with E-state index in [4.69, 9.17) is 5.73 Å². The van der Waals surface area contributed by atoms with Crippen molar-refractivity contribution in [2.75, 3.05) is 16.5 Å². The summed E-state index contributed by atoms with van der Waals surface area (Å²) in [5, 5.41) is 3.12. The van der Waals surface area contributed by atoms with Crippen LogP contribution in [-0.4, -0.2) is 20.9 Å². The summed E-state index contributed by atoms with van der Waals surface area (Å²) >= 11 is 0. The van der Waals surface area contributed by atoms with Gasteiger partial charge < -0.3 is 11.1 Å². The smallest absolute Gasteiger partial charge is 0.271 e. The van der Waals surface area contributed by atoms with Gasteiger partial charge in [-0.1, -0.05) is 17.7 Å². The van der Waals surface area contributed by atoms with Gasteiger partial charge in [0.05, 0.1) is 5.56 Å². The monoisotopic (exact) mass is 335 g/mol. The number of hydrogen-bond acceptors (Lipinski definition) is 7. The number of carbonyl (C=O) groups is 1. The van der Waals surface area contributed by atoms with Crippen LogP contribution in [0, 0.1) is 6.92 Å². The summed E-state index contributed by atoms with van der Waals surface area (Å²) < 4.78 is 0. The number of aromatic nitrogens is 3. The molecule has 0 radical (unpaired) electrons. The second-order valence-electron chi connectivity index (χ2n) is 5.30. The first kappa shape index (κ1) is 16.2. The van der Waals surface area contributed by atoms with Crippen molar-refractivity contribution in [2.45, 2.75) is 6.92 Å². The number of nitrogens with two attached hydrogens (primary N) is 1. The SMILES string of the molecule is Cc1ccc(Nc2ncnc(NNC(=O)c3cccnc3)c2N)cc1. The molecular weight excluding hydrogens is 318 g/mol. The third-order valence-electron chi connectivity index (χ3n) is 3.42. The van der Waals surface area contributed by atoms with Crippen molar-refractivity contribution in [3.63, 3.8) is 0 Å². The summed E-state index contributed by atoms with van der Waals surface area (Å²) in [6.45, 7) is 2.01. The predicted octanol–water partition coefficient (Wildman–Crippen LogP) is 2.26. The molecule has 0 spiro atoms. The zero-order valence-corrected chi connectivity index (χ0v) is 13.5. The Morgan fingerprint density at radius 2 is 1.84 bits per heavy atom. The first-order chi connectivity index (χ1) is 12.1. The second-order valence-corrected chi connectivity index (χ2v) is 5.30. The van der Waals surface area contributed by atoms with Crippen molar-refractivity contribution in [1.82, 2.24) is 20.4 Å². The van der Waals surface area contributed by atoms with Crippen LogP contribution in [0.5, 0.6) is 0 Å². The van der Waals surface area contributed by atoms with Crippen molar-refractivity contribution >= 4 is 28.9 Å². The molecule has 25 heavy (non-hydrogen) atoms. The van der Waals surface area contributed by atoms with Crippen LogP contribution in [0.3, 0.4) is 0 Å². The van der Waals surface area contributed by atoms with Gasteiger partial charge in [0.25, 0.3) is 5.91 Å². The number of nitrogens with zero attached hydrogens (tertiary/aromatic N) is 3. The number of hydrogen-bond donors (Lipinski definition) is 4. The van der Waals surface area contributed by atoms with Crippen LogP contribution in [0.25, 0.3) is 0 Å². The maximum atomic E-state index is 12.0. The minimum absolute atomic E-state index is 0.287. The van der Waals surface area contributed by atoms with Crippen LogP contribution in [0.1, 0.15) is 15.9 Å². The lowest BCUT2D eigenvalue weighted by molar-refractivity contribution is 0.0962. The quantitative estimate of drug-likeness (QED) is 0.528. The zero-order chi connectivity index (χ0) is 17.6. The molecule has 2 heterocycles. The molecule has 1 aromatic carbocycles. The van der Waals surface area contributed by atoms with Crippen molar-refractivity contribution < 1.29 is 4.79 Å². The first-order valence-corrected chi connectivity index (χ1v) is 7.54. The van der Waals surface area contributed by atoms with Gasteiger partial charge in [-0.2, -0.15) is 0 Å². The molecule has 3 aromatic rings. The van der Waals surface area contributed by atoms with Gasteiger partial charge in [0.15, 0.2) is 11.6 Å². The molecule has 0 bridgehead atoms. The van der Waals surface area contributed by atoms with Crippen LogP contribution < -0.4 is 21.9 Å². The summed E-state index contributed by atoms with van der Waals surface area (Å²) in [6.07, 6.45) is 4.41. The molecule has 0 aliphatic heterocycles. The topological polar surface area (TPSA) is 118 Å². The number of benzene rings is 1. The van der Waals surface area contributed by atoms with Gasteiger partial charge in [-0.15, -0.1) is 0 Å². The zero-order valence-electron chi connectivity index (χ0n) is 13.5. The lowest BCUT2D eigenvalue weighted by atomic mass is 10.2. The normalized spacial score (nSPS) is 10.1. The van der Waals surface area contributed by atoms with Crippen LogP contribution in [0.4, 0.5) is 23.0 Å². The number of nitrogen functional groups attached to an aromatic ring is 1. The average Bonchev–Trinajstić information content (AvgIpc) is 2.64. The molecule has 1 amide bonds. The van der Waals surface area contributed by atoms with Gasteiger partial charge in [-0.25, -0.2) is 9.97 Å². The van der Waals surface area contributed by atoms with Gasteiger partial charge in [0.2, 0.25) is 0 Å². The van der Waals surface area contributed by atoms with E-state index in [0.717, 1.165) is 11.3 Å². The van der Waals surface area contributed by atoms with Gasteiger partial charge >= 0.3 is 0 Å². The third-order valence-corrected chi connectivity index (χ3v) is 3.42. The van der Waals surface area contributed by atoms with Gasteiger partial charge in [0, 0.05) is 18.1 Å². The number of amides is 1. The summed E-state index contributed by atoms with van der Waals surface area (Å²) in [5.74, 6) is 0.387. The molecule has 2 aromatic heterocycles. The minimum Gasteiger partial charge on any atom is -0.393 e. The number of hydrazine groups is 1. The Morgan fingerprint density at radius 3 is 2.56 bits per heavy atom. The highest BCUT2D eigenvalue weighted by atomic mass is 16.2. The second kappa shape index (κ2) is 7.26. The Labute approximate surface area is 144 Å². The van der Waals surface area contributed by atoms with Crippen LogP contribution in [0.2, 0.25) is 0 Å². The lowest BCUT2D eigenvalue weighted by Gasteiger charge is -2.13. The molecule has 0 aliphatic carbocycles. The molecule has 0 saturated heterocycles. The van der Waals surface area contributed by atoms with E-state index < -0.39 is 0 Å². The van der Waals surface area contributed by atoms with E-state index >= 15 is 0 Å². The van der Waals surface area contributed by atoms with E-state index in [2.05, 4.69) is 31.1 Å². The number of nitrogens with one attached hydrogen (secondary N) is 3. The molecule has 0 saturated carbocycles. The van der Waals surface area contributed by atoms with E-state index in [9.17, 15) is 4.79 Å². The number of carbonyl (C=O) groups excluding carboxylic acids is 1. The largest absolute Gasteiger partial charge is 0.393 e. The fourth-order valence-corrected chi connectivity index (χ4v) is 2.05. The average molecular weight is 335 g/mol. The Balaban J connectivity index is 1.70. The first-order valence-electron chi connectivity index (χ1n) is 7.54. The molecular formula is C17H17N7O. The minimum atomic E-state index is -0.348. The Bertz CT molecular complexity index is 866. The van der Waals surface area contributed by atoms with E-state index in [1.807, 2.05) is 31.2 Å². The van der Waals surface area contributed by atoms with E-state index in [1.54, 1.807) is 18.3 Å². The standard InChI is InChI=1S/C17H17N7O/c1-11-4-6-13(7-5-11)22-15-14(18)16(21-10-20-15)23-24-17(25)12-3-2-8-19-9-12/h2-10H,18H2,1H3,(H,24,25)(H2,20,21,22,23). The fourth-order valence-electron chi connectivity index (χ4n) is 2.05. The van der Waals surface area contributed by atoms with E-state index in [0.29, 0.717) is 17.2 Å². The maximum absolute atomic E-state index is 12.0. The highest BCUT2D eigenvalue weighted by Crippen LogP contribution is 2.25. The molecule has 0 aliphatic rings. The molecule has 0 fully saturated rings. The Kier molecular flexibility index (Phi) is 4.70. The van der Waals surface area contributed by atoms with Crippen LogP contribution in [-0.2, 0) is 0 Å². The number of pyridine rings is 1. The molecule has 8 heteroatoms. The Morgan fingerprint density at radius 1 is 1.08 bits per heavy atom. The van der Waals surface area contributed by atoms with Crippen molar-refractivity contribution in [1.29, 1.82) is 0 Å². The molecule has 126 valence electrons. The summed E-state index contributed by atoms with van der Waals surface area (Å²) in [7, 11) is 0. The number of rotatable bonds is 5. The summed E-state index contributed by atoms with van der Waals surface area (Å²) in [6, 6.07) is 11.1. The number of anilines is 4. The van der Waals surface area contributed by atoms with Gasteiger partial charge in [-0.05, 0) is 31.2 Å².